The van der Waals surface area contributed by atoms with Gasteiger partial charge in [0.15, 0.2) is 0 Å². The number of carbonyl (C=O) groups is 1. The van der Waals surface area contributed by atoms with Gasteiger partial charge in [-0.3, -0.25) is 14.4 Å². The highest BCUT2D eigenvalue weighted by Gasteiger charge is 2.30. The van der Waals surface area contributed by atoms with Crippen LogP contribution in [-0.4, -0.2) is 51.7 Å². The third-order valence-electron chi connectivity index (χ3n) is 6.12. The Hall–Kier alpha value is -2.65. The second-order valence-corrected chi connectivity index (χ2v) is 9.40. The van der Waals surface area contributed by atoms with Crippen molar-refractivity contribution in [2.24, 2.45) is 0 Å². The Bertz CT molecular complexity index is 1180. The number of carbonyl (C=O) groups excluding carboxylic acids is 1. The minimum atomic E-state index is -4.35. The van der Waals surface area contributed by atoms with E-state index in [0.717, 1.165) is 27.5 Å². The molecular weight excluding hydrogens is 509 g/mol. The smallest absolute Gasteiger partial charge is 0.336 e. The quantitative estimate of drug-likeness (QED) is 0.446. The zero-order valence-corrected chi connectivity index (χ0v) is 20.7. The molecule has 2 heterocycles. The summed E-state index contributed by atoms with van der Waals surface area (Å²) in [6, 6.07) is 13.0. The van der Waals surface area contributed by atoms with Gasteiger partial charge in [-0.15, -0.1) is 0 Å². The van der Waals surface area contributed by atoms with E-state index in [-0.39, 0.29) is 5.91 Å². The first-order valence-corrected chi connectivity index (χ1v) is 11.9. The van der Waals surface area contributed by atoms with Crippen molar-refractivity contribution < 1.29 is 18.0 Å². The fraction of sp³-hybridized carbons (Fsp3) is 0.360. The maximum atomic E-state index is 13.1. The summed E-state index contributed by atoms with van der Waals surface area (Å²) in [6.07, 6.45) is -4.35. The first-order chi connectivity index (χ1) is 16.1. The number of rotatable bonds is 5. The molecule has 0 radical (unpaired) electrons. The Morgan fingerprint density at radius 3 is 2.24 bits per heavy atom. The van der Waals surface area contributed by atoms with E-state index in [1.165, 1.54) is 12.1 Å². The predicted molar refractivity (Wildman–Crippen MR) is 128 cm³/mol. The van der Waals surface area contributed by atoms with E-state index in [0.29, 0.717) is 50.4 Å². The van der Waals surface area contributed by atoms with Crippen LogP contribution in [0.1, 0.15) is 38.4 Å². The molecule has 9 heteroatoms. The third-order valence-corrected chi connectivity index (χ3v) is 7.27. The van der Waals surface area contributed by atoms with Gasteiger partial charge in [-0.05, 0) is 59.1 Å². The summed E-state index contributed by atoms with van der Waals surface area (Å²) in [6.45, 7) is 7.24. The van der Waals surface area contributed by atoms with Gasteiger partial charge < -0.3 is 4.90 Å². The monoisotopic (exact) mass is 534 g/mol. The number of aryl methyl sites for hydroxylation is 1. The SMILES string of the molecule is Cc1nn(Cc2cccc(C(=O)N3CCN(Cc4cccc(C(F)(F)F)c4)CC3)c2)c(C)c1Br. The summed E-state index contributed by atoms with van der Waals surface area (Å²) >= 11 is 3.54. The summed E-state index contributed by atoms with van der Waals surface area (Å²) in [5.41, 5.74) is 3.57. The lowest BCUT2D eigenvalue weighted by molar-refractivity contribution is -0.137. The van der Waals surface area contributed by atoms with Crippen LogP contribution in [0.5, 0.6) is 0 Å². The fourth-order valence-electron chi connectivity index (χ4n) is 4.20. The zero-order chi connectivity index (χ0) is 24.5. The van der Waals surface area contributed by atoms with E-state index in [1.807, 2.05) is 47.7 Å². The molecule has 1 fully saturated rings. The molecular formula is C25H26BrF3N4O. The number of halogens is 4. The van der Waals surface area contributed by atoms with Gasteiger partial charge in [0.1, 0.15) is 0 Å². The highest BCUT2D eigenvalue weighted by atomic mass is 79.9. The Kier molecular flexibility index (Phi) is 7.14. The van der Waals surface area contributed by atoms with E-state index < -0.39 is 11.7 Å². The molecule has 1 aromatic heterocycles. The molecule has 3 aromatic rings. The van der Waals surface area contributed by atoms with Crippen LogP contribution in [0.15, 0.2) is 53.0 Å². The van der Waals surface area contributed by atoms with Gasteiger partial charge in [0, 0.05) is 38.3 Å². The van der Waals surface area contributed by atoms with Crippen molar-refractivity contribution in [3.8, 4) is 0 Å². The van der Waals surface area contributed by atoms with Crippen LogP contribution in [0.4, 0.5) is 13.2 Å². The Morgan fingerprint density at radius 2 is 1.62 bits per heavy atom. The second-order valence-electron chi connectivity index (χ2n) is 8.61. The summed E-state index contributed by atoms with van der Waals surface area (Å²) in [5.74, 6) is -0.0323. The van der Waals surface area contributed by atoms with Gasteiger partial charge in [-0.1, -0.05) is 30.3 Å². The van der Waals surface area contributed by atoms with Gasteiger partial charge in [-0.2, -0.15) is 18.3 Å². The molecule has 180 valence electrons. The molecule has 1 saturated heterocycles. The van der Waals surface area contributed by atoms with Gasteiger partial charge in [-0.25, -0.2) is 0 Å². The lowest BCUT2D eigenvalue weighted by Gasteiger charge is -2.35. The Labute approximate surface area is 205 Å². The lowest BCUT2D eigenvalue weighted by Crippen LogP contribution is -2.48. The first-order valence-electron chi connectivity index (χ1n) is 11.1. The molecule has 2 aromatic carbocycles. The van der Waals surface area contributed by atoms with Crippen molar-refractivity contribution in [3.05, 3.63) is 86.6 Å². The average molecular weight is 535 g/mol. The molecule has 4 rings (SSSR count). The molecule has 0 aliphatic carbocycles. The van der Waals surface area contributed by atoms with Crippen LogP contribution in [0.3, 0.4) is 0 Å². The lowest BCUT2D eigenvalue weighted by atomic mass is 10.1. The van der Waals surface area contributed by atoms with Gasteiger partial charge in [0.25, 0.3) is 5.91 Å². The van der Waals surface area contributed by atoms with E-state index in [4.69, 9.17) is 0 Å². The van der Waals surface area contributed by atoms with Gasteiger partial charge >= 0.3 is 6.18 Å². The summed E-state index contributed by atoms with van der Waals surface area (Å²) in [7, 11) is 0. The molecule has 0 bridgehead atoms. The van der Waals surface area contributed by atoms with E-state index in [9.17, 15) is 18.0 Å². The van der Waals surface area contributed by atoms with E-state index in [1.54, 1.807) is 6.07 Å². The number of benzene rings is 2. The van der Waals surface area contributed by atoms with Crippen LogP contribution >= 0.6 is 15.9 Å². The van der Waals surface area contributed by atoms with Crippen LogP contribution < -0.4 is 0 Å². The van der Waals surface area contributed by atoms with Crippen LogP contribution in [0.2, 0.25) is 0 Å². The van der Waals surface area contributed by atoms with Crippen LogP contribution in [0, 0.1) is 13.8 Å². The second kappa shape index (κ2) is 9.92. The van der Waals surface area contributed by atoms with Crippen molar-refractivity contribution >= 4 is 21.8 Å². The molecule has 0 spiro atoms. The molecule has 0 unspecified atom stereocenters. The minimum absolute atomic E-state index is 0.0323. The molecule has 0 N–H and O–H groups in total. The van der Waals surface area contributed by atoms with Crippen LogP contribution in [0.25, 0.3) is 0 Å². The van der Waals surface area contributed by atoms with Gasteiger partial charge in [0.2, 0.25) is 0 Å². The molecule has 1 amide bonds. The number of piperazine rings is 1. The van der Waals surface area contributed by atoms with Crippen molar-refractivity contribution in [2.75, 3.05) is 26.2 Å². The van der Waals surface area contributed by atoms with E-state index >= 15 is 0 Å². The number of hydrogen-bond acceptors (Lipinski definition) is 3. The number of amides is 1. The maximum absolute atomic E-state index is 13.1. The van der Waals surface area contributed by atoms with Crippen molar-refractivity contribution in [3.63, 3.8) is 0 Å². The molecule has 1 aliphatic heterocycles. The molecule has 0 saturated carbocycles. The highest BCUT2D eigenvalue weighted by molar-refractivity contribution is 9.10. The van der Waals surface area contributed by atoms with E-state index in [2.05, 4.69) is 25.9 Å². The topological polar surface area (TPSA) is 41.4 Å². The Morgan fingerprint density at radius 1 is 0.971 bits per heavy atom. The molecule has 1 aliphatic rings. The zero-order valence-electron chi connectivity index (χ0n) is 19.1. The Balaban J connectivity index is 1.36. The van der Waals surface area contributed by atoms with Crippen LogP contribution in [-0.2, 0) is 19.3 Å². The number of nitrogens with zero attached hydrogens (tertiary/aromatic N) is 4. The summed E-state index contributed by atoms with van der Waals surface area (Å²) < 4.78 is 41.8. The summed E-state index contributed by atoms with van der Waals surface area (Å²) in [5, 5.41) is 4.54. The maximum Gasteiger partial charge on any atom is 0.416 e. The van der Waals surface area contributed by atoms with Crippen molar-refractivity contribution in [2.45, 2.75) is 33.1 Å². The van der Waals surface area contributed by atoms with Gasteiger partial charge in [0.05, 0.1) is 28.0 Å². The largest absolute Gasteiger partial charge is 0.416 e. The molecule has 34 heavy (non-hydrogen) atoms. The van der Waals surface area contributed by atoms with Crippen molar-refractivity contribution in [1.29, 1.82) is 0 Å². The normalized spacial score (nSPS) is 15.1. The van der Waals surface area contributed by atoms with Crippen molar-refractivity contribution in [1.82, 2.24) is 19.6 Å². The number of aromatic nitrogens is 2. The minimum Gasteiger partial charge on any atom is -0.336 e. The average Bonchev–Trinajstić information content (AvgIpc) is 3.05. The number of hydrogen-bond donors (Lipinski definition) is 0. The predicted octanol–water partition coefficient (Wildman–Crippen LogP) is 5.29. The standard InChI is InChI=1S/C25H26BrF3N4O/c1-17-23(26)18(2)33(30-17)16-19-5-3-7-21(13-19)24(34)32-11-9-31(10-12-32)15-20-6-4-8-22(14-20)25(27,28)29/h3-8,13-14H,9-12,15-16H2,1-2H3. The highest BCUT2D eigenvalue weighted by Crippen LogP contribution is 2.30. The molecule has 5 nitrogen and oxygen atoms in total. The first kappa shape index (κ1) is 24.5. The fourth-order valence-corrected chi connectivity index (χ4v) is 4.48. The molecule has 0 atom stereocenters. The summed E-state index contributed by atoms with van der Waals surface area (Å²) in [4.78, 5) is 17.0. The number of alkyl halides is 3. The third kappa shape index (κ3) is 5.52.